The topological polar surface area (TPSA) is 111 Å². The number of rotatable bonds is 7. The average molecular weight is 499 g/mol. The standard InChI is InChI=1S/C25H31ClN6O3/c1-24(2,3)32-22(29-30-31-32)20(15-27-23(34)35-25(4,5)6)28-19-14-17(26)12-13-18(19)21(33)16-10-8-7-9-11-16/h7-14,20,28H,15H2,1-6H3,(H,27,34). The molecule has 10 heteroatoms. The van der Waals surface area contributed by atoms with Crippen molar-refractivity contribution in [3.8, 4) is 0 Å². The molecule has 9 nitrogen and oxygen atoms in total. The molecule has 0 saturated heterocycles. The molecular formula is C25H31ClN6O3. The Morgan fingerprint density at radius 3 is 2.37 bits per heavy atom. The zero-order valence-electron chi connectivity index (χ0n) is 20.8. The van der Waals surface area contributed by atoms with Crippen LogP contribution in [-0.2, 0) is 10.3 Å². The van der Waals surface area contributed by atoms with Gasteiger partial charge in [0.15, 0.2) is 11.6 Å². The number of hydrogen-bond acceptors (Lipinski definition) is 7. The summed E-state index contributed by atoms with van der Waals surface area (Å²) in [7, 11) is 0. The molecule has 2 aromatic carbocycles. The summed E-state index contributed by atoms with van der Waals surface area (Å²) in [6.07, 6.45) is -0.578. The number of ether oxygens (including phenoxy) is 1. The van der Waals surface area contributed by atoms with E-state index in [-0.39, 0.29) is 12.3 Å². The lowest BCUT2D eigenvalue weighted by Gasteiger charge is -2.26. The molecule has 0 aliphatic carbocycles. The Labute approximate surface area is 210 Å². The fourth-order valence-corrected chi connectivity index (χ4v) is 3.53. The first kappa shape index (κ1) is 26.2. The van der Waals surface area contributed by atoms with E-state index in [1.54, 1.807) is 67.9 Å². The van der Waals surface area contributed by atoms with E-state index in [9.17, 15) is 9.59 Å². The Bertz CT molecular complexity index is 1180. The van der Waals surface area contributed by atoms with Crippen molar-refractivity contribution in [2.45, 2.75) is 58.7 Å². The molecule has 0 aliphatic rings. The van der Waals surface area contributed by atoms with Gasteiger partial charge in [-0.2, -0.15) is 0 Å². The van der Waals surface area contributed by atoms with Gasteiger partial charge in [-0.05, 0) is 70.2 Å². The number of benzene rings is 2. The van der Waals surface area contributed by atoms with E-state index in [1.807, 2.05) is 26.8 Å². The first-order valence-corrected chi connectivity index (χ1v) is 11.6. The van der Waals surface area contributed by atoms with Gasteiger partial charge in [-0.15, -0.1) is 5.10 Å². The van der Waals surface area contributed by atoms with Crippen LogP contribution in [0.1, 0.15) is 69.3 Å². The Morgan fingerprint density at radius 2 is 1.74 bits per heavy atom. The zero-order valence-corrected chi connectivity index (χ0v) is 21.6. The van der Waals surface area contributed by atoms with Gasteiger partial charge in [-0.3, -0.25) is 4.79 Å². The van der Waals surface area contributed by atoms with Crippen molar-refractivity contribution in [2.24, 2.45) is 0 Å². The van der Waals surface area contributed by atoms with Gasteiger partial charge in [-0.1, -0.05) is 41.9 Å². The van der Waals surface area contributed by atoms with Crippen LogP contribution in [-0.4, -0.2) is 44.2 Å². The number of carbonyl (C=O) groups excluding carboxylic acids is 2. The molecular weight excluding hydrogens is 468 g/mol. The zero-order chi connectivity index (χ0) is 25.8. The summed E-state index contributed by atoms with van der Waals surface area (Å²) in [5.41, 5.74) is 0.383. The summed E-state index contributed by atoms with van der Waals surface area (Å²) in [5, 5.41) is 18.8. The van der Waals surface area contributed by atoms with E-state index >= 15 is 0 Å². The van der Waals surface area contributed by atoms with Crippen LogP contribution in [0.5, 0.6) is 0 Å². The highest BCUT2D eigenvalue weighted by Crippen LogP contribution is 2.28. The second kappa shape index (κ2) is 10.4. The lowest BCUT2D eigenvalue weighted by atomic mass is 10.0. The summed E-state index contributed by atoms with van der Waals surface area (Å²) in [5.74, 6) is 0.311. The number of ketones is 1. The molecule has 1 aromatic heterocycles. The monoisotopic (exact) mass is 498 g/mol. The highest BCUT2D eigenvalue weighted by molar-refractivity contribution is 6.31. The van der Waals surface area contributed by atoms with Crippen molar-refractivity contribution >= 4 is 29.2 Å². The molecule has 1 unspecified atom stereocenters. The smallest absolute Gasteiger partial charge is 0.407 e. The predicted molar refractivity (Wildman–Crippen MR) is 135 cm³/mol. The molecule has 1 amide bonds. The fourth-order valence-electron chi connectivity index (χ4n) is 3.36. The van der Waals surface area contributed by atoms with E-state index in [1.165, 1.54) is 0 Å². The van der Waals surface area contributed by atoms with Crippen LogP contribution in [0.2, 0.25) is 5.02 Å². The number of anilines is 1. The number of amides is 1. The number of aromatic nitrogens is 4. The summed E-state index contributed by atoms with van der Waals surface area (Å²) in [6.45, 7) is 11.4. The fraction of sp³-hybridized carbons (Fsp3) is 0.400. The first-order valence-electron chi connectivity index (χ1n) is 11.3. The van der Waals surface area contributed by atoms with E-state index in [0.29, 0.717) is 27.7 Å². The molecule has 35 heavy (non-hydrogen) atoms. The second-order valence-corrected chi connectivity index (χ2v) is 10.5. The Kier molecular flexibility index (Phi) is 7.80. The third kappa shape index (κ3) is 7.02. The van der Waals surface area contributed by atoms with Gasteiger partial charge in [0, 0.05) is 28.4 Å². The number of nitrogens with zero attached hydrogens (tertiary/aromatic N) is 4. The number of tetrazole rings is 1. The maximum absolute atomic E-state index is 13.3. The summed E-state index contributed by atoms with van der Waals surface area (Å²) in [4.78, 5) is 25.7. The van der Waals surface area contributed by atoms with E-state index in [4.69, 9.17) is 16.3 Å². The van der Waals surface area contributed by atoms with E-state index in [2.05, 4.69) is 26.2 Å². The highest BCUT2D eigenvalue weighted by atomic mass is 35.5. The lowest BCUT2D eigenvalue weighted by molar-refractivity contribution is 0.0524. The molecule has 0 saturated carbocycles. The largest absolute Gasteiger partial charge is 0.444 e. The molecule has 3 aromatic rings. The minimum atomic E-state index is -0.651. The minimum absolute atomic E-state index is 0.0941. The van der Waals surface area contributed by atoms with E-state index in [0.717, 1.165) is 0 Å². The molecule has 186 valence electrons. The lowest BCUT2D eigenvalue weighted by Crippen LogP contribution is -2.38. The molecule has 2 N–H and O–H groups in total. The van der Waals surface area contributed by atoms with Crippen molar-refractivity contribution < 1.29 is 14.3 Å². The van der Waals surface area contributed by atoms with Crippen molar-refractivity contribution in [3.63, 3.8) is 0 Å². The molecule has 1 heterocycles. The van der Waals surface area contributed by atoms with Crippen LogP contribution in [0, 0.1) is 0 Å². The maximum Gasteiger partial charge on any atom is 0.407 e. The predicted octanol–water partition coefficient (Wildman–Crippen LogP) is 4.99. The Hall–Kier alpha value is -3.46. The third-order valence-corrected chi connectivity index (χ3v) is 5.12. The van der Waals surface area contributed by atoms with Gasteiger partial charge in [0.25, 0.3) is 0 Å². The van der Waals surface area contributed by atoms with Crippen LogP contribution in [0.25, 0.3) is 0 Å². The van der Waals surface area contributed by atoms with Crippen molar-refractivity contribution in [3.05, 3.63) is 70.5 Å². The molecule has 0 fully saturated rings. The van der Waals surface area contributed by atoms with Crippen molar-refractivity contribution in [1.82, 2.24) is 25.5 Å². The Morgan fingerprint density at radius 1 is 1.06 bits per heavy atom. The van der Waals surface area contributed by atoms with Gasteiger partial charge >= 0.3 is 6.09 Å². The maximum atomic E-state index is 13.3. The second-order valence-electron chi connectivity index (χ2n) is 10.1. The van der Waals surface area contributed by atoms with Gasteiger partial charge < -0.3 is 15.4 Å². The minimum Gasteiger partial charge on any atom is -0.444 e. The summed E-state index contributed by atoms with van der Waals surface area (Å²) >= 11 is 6.29. The van der Waals surface area contributed by atoms with Crippen molar-refractivity contribution in [1.29, 1.82) is 0 Å². The third-order valence-electron chi connectivity index (χ3n) is 4.88. The van der Waals surface area contributed by atoms with Crippen molar-refractivity contribution in [2.75, 3.05) is 11.9 Å². The quantitative estimate of drug-likeness (QED) is 0.441. The average Bonchev–Trinajstić information content (AvgIpc) is 3.26. The number of alkyl carbamates (subject to hydrolysis) is 1. The van der Waals surface area contributed by atoms with Crippen LogP contribution < -0.4 is 10.6 Å². The van der Waals surface area contributed by atoms with Gasteiger partial charge in [0.1, 0.15) is 11.6 Å². The molecule has 0 radical (unpaired) electrons. The van der Waals surface area contributed by atoms with Gasteiger partial charge in [0.2, 0.25) is 0 Å². The molecule has 3 rings (SSSR count). The molecule has 0 bridgehead atoms. The first-order chi connectivity index (χ1) is 16.3. The normalized spacial score (nSPS) is 12.7. The highest BCUT2D eigenvalue weighted by Gasteiger charge is 2.28. The van der Waals surface area contributed by atoms with E-state index < -0.39 is 23.3 Å². The van der Waals surface area contributed by atoms with Crippen LogP contribution in [0.15, 0.2) is 48.5 Å². The SMILES string of the molecule is CC(C)(C)OC(=O)NCC(Nc1cc(Cl)ccc1C(=O)c1ccccc1)c1nnnn1C(C)(C)C. The summed E-state index contributed by atoms with van der Waals surface area (Å²) < 4.78 is 7.05. The number of hydrogen-bond donors (Lipinski definition) is 2. The van der Waals surface area contributed by atoms with Gasteiger partial charge in [0.05, 0.1) is 5.54 Å². The van der Waals surface area contributed by atoms with Crippen LogP contribution in [0.3, 0.4) is 0 Å². The molecule has 0 spiro atoms. The van der Waals surface area contributed by atoms with Crippen LogP contribution in [0.4, 0.5) is 10.5 Å². The number of nitrogens with one attached hydrogen (secondary N) is 2. The van der Waals surface area contributed by atoms with Crippen LogP contribution >= 0.6 is 11.6 Å². The van der Waals surface area contributed by atoms with Gasteiger partial charge in [-0.25, -0.2) is 9.48 Å². The Balaban J connectivity index is 1.98. The molecule has 0 aliphatic heterocycles. The molecule has 1 atom stereocenters. The summed E-state index contributed by atoms with van der Waals surface area (Å²) in [6, 6.07) is 13.4. The number of carbonyl (C=O) groups is 2. The number of halogens is 1.